The minimum atomic E-state index is -1.78. The third kappa shape index (κ3) is 39.6. The molecule has 2 aliphatic heterocycles. The Morgan fingerprint density at radius 3 is 1.02 bits per heavy atom. The molecule has 0 aromatic heterocycles. The summed E-state index contributed by atoms with van der Waals surface area (Å²) in [7, 11) is 0. The van der Waals surface area contributed by atoms with Crippen LogP contribution in [0.3, 0.4) is 0 Å². The number of rotatable bonds is 60. The Kier molecular flexibility index (Phi) is 51.8. The van der Waals surface area contributed by atoms with E-state index in [0.717, 1.165) is 51.4 Å². The molecule has 0 aromatic carbocycles. The predicted octanol–water partition coefficient (Wildman–Crippen LogP) is 14.4. The molecular formula is C69H135NO13. The van der Waals surface area contributed by atoms with Crippen molar-refractivity contribution in [1.82, 2.24) is 5.32 Å². The summed E-state index contributed by atoms with van der Waals surface area (Å²) < 4.78 is 22.9. The van der Waals surface area contributed by atoms with Crippen molar-refractivity contribution in [3.63, 3.8) is 0 Å². The highest BCUT2D eigenvalue weighted by atomic mass is 16.7. The van der Waals surface area contributed by atoms with Crippen LogP contribution in [0.25, 0.3) is 0 Å². The summed E-state index contributed by atoms with van der Waals surface area (Å²) in [5.41, 5.74) is 0. The molecule has 494 valence electrons. The molecule has 0 aliphatic carbocycles. The molecular weight excluding hydrogens is 1050 g/mol. The van der Waals surface area contributed by atoms with Gasteiger partial charge >= 0.3 is 0 Å². The van der Waals surface area contributed by atoms with Crippen LogP contribution in [0.2, 0.25) is 0 Å². The van der Waals surface area contributed by atoms with Crippen LogP contribution in [-0.2, 0) is 23.7 Å². The number of carbonyl (C=O) groups is 1. The second kappa shape index (κ2) is 55.1. The molecule has 0 spiro atoms. The lowest BCUT2D eigenvalue weighted by atomic mass is 9.97. The van der Waals surface area contributed by atoms with E-state index in [2.05, 4.69) is 19.2 Å². The molecule has 14 heteroatoms. The third-order valence-corrected chi connectivity index (χ3v) is 18.1. The van der Waals surface area contributed by atoms with E-state index in [1.54, 1.807) is 0 Å². The van der Waals surface area contributed by atoms with Crippen LogP contribution in [-0.4, -0.2) is 140 Å². The molecule has 83 heavy (non-hydrogen) atoms. The SMILES string of the molecule is CCCCCCCCCCCCCCCCCCCCCCCCCCCCCCC(=O)NC(COC1OC(CO)C(OC2OC(CO)C(O)C(O)C2O)C(O)C1O)C(O)CCCCCCCCCCCCCCCCCCCCCCC. The van der Waals surface area contributed by atoms with E-state index in [4.69, 9.17) is 18.9 Å². The summed E-state index contributed by atoms with van der Waals surface area (Å²) in [6, 6.07) is -0.824. The lowest BCUT2D eigenvalue weighted by Gasteiger charge is -2.46. The Balaban J connectivity index is 1.65. The standard InChI is InChI=1S/C69H135NO13/c1-3-5-7-9-11-13-15-17-19-21-23-25-26-27-28-29-30-31-33-35-37-39-41-43-45-47-49-51-53-61(74)70-57(58(73)52-50-48-46-44-42-40-38-36-34-32-24-22-20-18-16-14-12-10-8-6-4-2)56-80-68-66(79)64(77)67(60(55-72)82-68)83-69-65(78)63(76)62(75)59(54-71)81-69/h57-60,62-69,71-73,75-79H,3-56H2,1-2H3,(H,70,74). The quantitative estimate of drug-likeness (QED) is 0.0259. The maximum Gasteiger partial charge on any atom is 0.220 e. The maximum absolute atomic E-state index is 13.4. The average molecular weight is 1190 g/mol. The Morgan fingerprint density at radius 2 is 0.687 bits per heavy atom. The van der Waals surface area contributed by atoms with Gasteiger partial charge in [-0.3, -0.25) is 4.79 Å². The fourth-order valence-electron chi connectivity index (χ4n) is 12.4. The van der Waals surface area contributed by atoms with Gasteiger partial charge < -0.3 is 65.1 Å². The Hall–Kier alpha value is -1.01. The molecule has 0 saturated carbocycles. The maximum atomic E-state index is 13.4. The third-order valence-electron chi connectivity index (χ3n) is 18.1. The minimum Gasteiger partial charge on any atom is -0.394 e. The Morgan fingerprint density at radius 1 is 0.386 bits per heavy atom. The first-order valence-electron chi connectivity index (χ1n) is 35.8. The van der Waals surface area contributed by atoms with Crippen molar-refractivity contribution in [2.45, 2.75) is 415 Å². The number of amides is 1. The second-order valence-electron chi connectivity index (χ2n) is 25.7. The van der Waals surface area contributed by atoms with Crippen molar-refractivity contribution in [1.29, 1.82) is 0 Å². The molecule has 2 rings (SSSR count). The topological polar surface area (TPSA) is 228 Å². The van der Waals surface area contributed by atoms with Crippen molar-refractivity contribution in [2.75, 3.05) is 19.8 Å². The van der Waals surface area contributed by atoms with Gasteiger partial charge in [0.2, 0.25) is 5.91 Å². The van der Waals surface area contributed by atoms with Gasteiger partial charge in [0.25, 0.3) is 0 Å². The van der Waals surface area contributed by atoms with Crippen molar-refractivity contribution >= 4 is 5.91 Å². The van der Waals surface area contributed by atoms with Crippen molar-refractivity contribution in [3.05, 3.63) is 0 Å². The molecule has 0 aromatic rings. The van der Waals surface area contributed by atoms with Crippen LogP contribution in [0.4, 0.5) is 0 Å². The van der Waals surface area contributed by atoms with Crippen LogP contribution < -0.4 is 5.32 Å². The molecule has 2 heterocycles. The molecule has 9 N–H and O–H groups in total. The Bertz CT molecular complexity index is 1400. The molecule has 1 amide bonds. The zero-order valence-electron chi connectivity index (χ0n) is 53.7. The first kappa shape index (κ1) is 78.1. The molecule has 12 atom stereocenters. The number of ether oxygens (including phenoxy) is 4. The van der Waals surface area contributed by atoms with E-state index in [-0.39, 0.29) is 12.5 Å². The highest BCUT2D eigenvalue weighted by Crippen LogP contribution is 2.30. The molecule has 0 radical (unpaired) electrons. The molecule has 2 saturated heterocycles. The van der Waals surface area contributed by atoms with E-state index in [0.29, 0.717) is 12.8 Å². The molecule has 2 aliphatic rings. The summed E-state index contributed by atoms with van der Waals surface area (Å²) in [5, 5.41) is 87.6. The van der Waals surface area contributed by atoms with E-state index >= 15 is 0 Å². The number of carbonyl (C=O) groups excluding carboxylic acids is 1. The van der Waals surface area contributed by atoms with Gasteiger partial charge in [-0.05, 0) is 12.8 Å². The van der Waals surface area contributed by atoms with Gasteiger partial charge in [0.15, 0.2) is 12.6 Å². The normalized spacial score (nSPS) is 23.7. The summed E-state index contributed by atoms with van der Waals surface area (Å²) >= 11 is 0. The smallest absolute Gasteiger partial charge is 0.220 e. The molecule has 12 unspecified atom stereocenters. The summed E-state index contributed by atoms with van der Waals surface area (Å²) in [6.45, 7) is 2.93. The largest absolute Gasteiger partial charge is 0.394 e. The molecule has 14 nitrogen and oxygen atoms in total. The van der Waals surface area contributed by atoms with Gasteiger partial charge in [-0.15, -0.1) is 0 Å². The van der Waals surface area contributed by atoms with Gasteiger partial charge in [-0.25, -0.2) is 0 Å². The first-order valence-corrected chi connectivity index (χ1v) is 35.8. The molecule has 2 fully saturated rings. The van der Waals surface area contributed by atoms with Crippen LogP contribution in [0.1, 0.15) is 341 Å². The number of hydrogen-bond acceptors (Lipinski definition) is 13. The van der Waals surface area contributed by atoms with E-state index < -0.39 is 86.8 Å². The number of nitrogens with one attached hydrogen (secondary N) is 1. The van der Waals surface area contributed by atoms with E-state index in [9.17, 15) is 45.6 Å². The number of aliphatic hydroxyl groups is 8. The average Bonchev–Trinajstić information content (AvgIpc) is 3.65. The number of hydrogen-bond donors (Lipinski definition) is 9. The number of aliphatic hydroxyl groups excluding tert-OH is 8. The highest BCUT2D eigenvalue weighted by molar-refractivity contribution is 5.76. The Labute approximate surface area is 508 Å². The van der Waals surface area contributed by atoms with Gasteiger partial charge in [0, 0.05) is 6.42 Å². The zero-order chi connectivity index (χ0) is 60.2. The zero-order valence-corrected chi connectivity index (χ0v) is 53.7. The summed E-state index contributed by atoms with van der Waals surface area (Å²) in [4.78, 5) is 13.4. The van der Waals surface area contributed by atoms with E-state index in [1.807, 2.05) is 0 Å². The van der Waals surface area contributed by atoms with E-state index in [1.165, 1.54) is 263 Å². The van der Waals surface area contributed by atoms with Crippen molar-refractivity contribution < 1.29 is 64.6 Å². The predicted molar refractivity (Wildman–Crippen MR) is 337 cm³/mol. The second-order valence-corrected chi connectivity index (χ2v) is 25.7. The first-order chi connectivity index (χ1) is 40.6. The van der Waals surface area contributed by atoms with Gasteiger partial charge in [0.1, 0.15) is 48.8 Å². The van der Waals surface area contributed by atoms with Gasteiger partial charge in [-0.2, -0.15) is 0 Å². The molecule has 0 bridgehead atoms. The van der Waals surface area contributed by atoms with Crippen LogP contribution >= 0.6 is 0 Å². The van der Waals surface area contributed by atoms with Gasteiger partial charge in [-0.1, -0.05) is 322 Å². The lowest BCUT2D eigenvalue weighted by molar-refractivity contribution is -0.359. The summed E-state index contributed by atoms with van der Waals surface area (Å²) in [5.74, 6) is -0.197. The highest BCUT2D eigenvalue weighted by Gasteiger charge is 2.51. The van der Waals surface area contributed by atoms with Gasteiger partial charge in [0.05, 0.1) is 32.0 Å². The lowest BCUT2D eigenvalue weighted by Crippen LogP contribution is -2.65. The van der Waals surface area contributed by atoms with Crippen molar-refractivity contribution in [2.24, 2.45) is 0 Å². The number of unbranched alkanes of at least 4 members (excludes halogenated alkanes) is 47. The summed E-state index contributed by atoms with van der Waals surface area (Å²) in [6.07, 6.45) is 48.4. The fourth-order valence-corrected chi connectivity index (χ4v) is 12.4. The monoisotopic (exact) mass is 1190 g/mol. The van der Waals surface area contributed by atoms with Crippen LogP contribution in [0.15, 0.2) is 0 Å². The minimum absolute atomic E-state index is 0.197. The fraction of sp³-hybridized carbons (Fsp3) is 0.986. The van der Waals surface area contributed by atoms with Crippen LogP contribution in [0.5, 0.6) is 0 Å². The van der Waals surface area contributed by atoms with Crippen LogP contribution in [0, 0.1) is 0 Å². The van der Waals surface area contributed by atoms with Crippen molar-refractivity contribution in [3.8, 4) is 0 Å².